The molecule has 0 radical (unpaired) electrons. The number of carbonyl (C=O) groups is 2. The summed E-state index contributed by atoms with van der Waals surface area (Å²) < 4.78 is 5.94. The van der Waals surface area contributed by atoms with Gasteiger partial charge in [0.05, 0.1) is 11.8 Å². The summed E-state index contributed by atoms with van der Waals surface area (Å²) in [5.41, 5.74) is 3.15. The standard InChI is InChI=1S/C30H29NO3/c1-30(2)16-21-15-23(20-13-12-18-8-6-7-9-19(18)14-20)26(27-25(21)24(17-30)34-29(27)33)28(32)31-22-10-4-3-5-11-22/h3-15,23-27H,16-17H2,1-2H3,(H,31,32)/t23-,24-,25+,26+,27-/m0/s1. The molecule has 3 aromatic carbocycles. The zero-order valence-electron chi connectivity index (χ0n) is 19.5. The van der Waals surface area contributed by atoms with Crippen LogP contribution in [0.25, 0.3) is 10.8 Å². The molecule has 4 nitrogen and oxygen atoms in total. The highest BCUT2D eigenvalue weighted by molar-refractivity contribution is 5.97. The number of hydrogen-bond acceptors (Lipinski definition) is 3. The van der Waals surface area contributed by atoms with Gasteiger partial charge in [0.25, 0.3) is 0 Å². The number of allylic oxidation sites excluding steroid dienone is 1. The summed E-state index contributed by atoms with van der Waals surface area (Å²) in [6, 6.07) is 24.1. The minimum Gasteiger partial charge on any atom is -0.461 e. The molecule has 0 aromatic heterocycles. The van der Waals surface area contributed by atoms with Gasteiger partial charge >= 0.3 is 5.97 Å². The van der Waals surface area contributed by atoms with Crippen LogP contribution in [0.2, 0.25) is 0 Å². The predicted octanol–water partition coefficient (Wildman–Crippen LogP) is 6.10. The highest BCUT2D eigenvalue weighted by atomic mass is 16.6. The molecule has 1 amide bonds. The second-order valence-electron chi connectivity index (χ2n) is 10.8. The summed E-state index contributed by atoms with van der Waals surface area (Å²) in [6.07, 6.45) is 3.91. The zero-order valence-corrected chi connectivity index (χ0v) is 19.5. The van der Waals surface area contributed by atoms with E-state index in [1.165, 1.54) is 5.57 Å². The maximum absolute atomic E-state index is 13.8. The molecule has 2 fully saturated rings. The minimum atomic E-state index is -0.520. The first-order valence-corrected chi connectivity index (χ1v) is 12.2. The summed E-state index contributed by atoms with van der Waals surface area (Å²) >= 11 is 0. The summed E-state index contributed by atoms with van der Waals surface area (Å²) in [5, 5.41) is 5.39. The Morgan fingerprint density at radius 1 is 0.941 bits per heavy atom. The third kappa shape index (κ3) is 3.53. The number of rotatable bonds is 3. The lowest BCUT2D eigenvalue weighted by molar-refractivity contribution is -0.148. The lowest BCUT2D eigenvalue weighted by Crippen LogP contribution is -2.45. The highest BCUT2D eigenvalue weighted by Crippen LogP contribution is 2.56. The second-order valence-corrected chi connectivity index (χ2v) is 10.8. The molecular formula is C30H29NO3. The molecule has 0 spiro atoms. The van der Waals surface area contributed by atoms with Crippen molar-refractivity contribution in [3.63, 3.8) is 0 Å². The largest absolute Gasteiger partial charge is 0.461 e. The fourth-order valence-electron chi connectivity index (χ4n) is 6.49. The maximum Gasteiger partial charge on any atom is 0.310 e. The van der Waals surface area contributed by atoms with Gasteiger partial charge in [0.2, 0.25) is 5.91 Å². The Kier molecular flexibility index (Phi) is 4.87. The predicted molar refractivity (Wildman–Crippen MR) is 133 cm³/mol. The van der Waals surface area contributed by atoms with Crippen LogP contribution in [-0.2, 0) is 14.3 Å². The molecule has 0 unspecified atom stereocenters. The topological polar surface area (TPSA) is 55.4 Å². The van der Waals surface area contributed by atoms with Gasteiger partial charge in [-0.3, -0.25) is 9.59 Å². The number of amides is 1. The number of anilines is 1. The first kappa shape index (κ1) is 21.2. The van der Waals surface area contributed by atoms with Crippen LogP contribution in [0.1, 0.15) is 38.2 Å². The normalized spacial score (nSPS) is 29.2. The van der Waals surface area contributed by atoms with E-state index >= 15 is 0 Å². The average Bonchev–Trinajstić information content (AvgIpc) is 3.14. The molecule has 1 N–H and O–H groups in total. The lowest BCUT2D eigenvalue weighted by atomic mass is 9.58. The maximum atomic E-state index is 13.8. The van der Waals surface area contributed by atoms with Crippen LogP contribution < -0.4 is 5.32 Å². The van der Waals surface area contributed by atoms with E-state index in [0.29, 0.717) is 0 Å². The lowest BCUT2D eigenvalue weighted by Gasteiger charge is -2.44. The number of esters is 1. The van der Waals surface area contributed by atoms with Gasteiger partial charge in [0, 0.05) is 17.5 Å². The van der Waals surface area contributed by atoms with Crippen molar-refractivity contribution in [2.45, 2.75) is 38.7 Å². The van der Waals surface area contributed by atoms with Gasteiger partial charge in [-0.05, 0) is 46.7 Å². The third-order valence-corrected chi connectivity index (χ3v) is 7.86. The summed E-state index contributed by atoms with van der Waals surface area (Å²) in [4.78, 5) is 27.1. The highest BCUT2D eigenvalue weighted by Gasteiger charge is 2.59. The Morgan fingerprint density at radius 2 is 1.68 bits per heavy atom. The van der Waals surface area contributed by atoms with E-state index in [1.54, 1.807) is 0 Å². The molecule has 1 aliphatic heterocycles. The number of ether oxygens (including phenoxy) is 1. The fourth-order valence-corrected chi connectivity index (χ4v) is 6.49. The molecular weight excluding hydrogens is 422 g/mol. The van der Waals surface area contributed by atoms with Gasteiger partial charge < -0.3 is 10.1 Å². The van der Waals surface area contributed by atoms with Gasteiger partial charge in [0.15, 0.2) is 0 Å². The van der Waals surface area contributed by atoms with Crippen LogP contribution in [0, 0.1) is 23.2 Å². The van der Waals surface area contributed by atoms with Crippen molar-refractivity contribution >= 4 is 28.3 Å². The van der Waals surface area contributed by atoms with E-state index in [1.807, 2.05) is 42.5 Å². The van der Waals surface area contributed by atoms with E-state index in [9.17, 15) is 9.59 Å². The third-order valence-electron chi connectivity index (χ3n) is 7.86. The molecule has 172 valence electrons. The molecule has 3 aliphatic rings. The van der Waals surface area contributed by atoms with Crippen molar-refractivity contribution in [3.05, 3.63) is 90.0 Å². The van der Waals surface area contributed by atoms with Crippen molar-refractivity contribution < 1.29 is 14.3 Å². The minimum absolute atomic E-state index is 0.0104. The van der Waals surface area contributed by atoms with Crippen LogP contribution in [-0.4, -0.2) is 18.0 Å². The molecule has 6 rings (SSSR count). The summed E-state index contributed by atoms with van der Waals surface area (Å²) in [5.74, 6) is -1.52. The molecule has 1 saturated heterocycles. The smallest absolute Gasteiger partial charge is 0.310 e. The molecule has 1 saturated carbocycles. The van der Waals surface area contributed by atoms with Gasteiger partial charge in [-0.1, -0.05) is 86.2 Å². The molecule has 34 heavy (non-hydrogen) atoms. The molecule has 3 aromatic rings. The first-order valence-electron chi connectivity index (χ1n) is 12.2. The molecule has 4 heteroatoms. The van der Waals surface area contributed by atoms with Crippen LogP contribution in [0.4, 0.5) is 5.69 Å². The number of para-hydroxylation sites is 1. The Morgan fingerprint density at radius 3 is 2.47 bits per heavy atom. The van der Waals surface area contributed by atoms with Crippen LogP contribution in [0.15, 0.2) is 84.4 Å². The summed E-state index contributed by atoms with van der Waals surface area (Å²) in [6.45, 7) is 4.48. The van der Waals surface area contributed by atoms with E-state index in [2.05, 4.69) is 55.6 Å². The number of nitrogens with one attached hydrogen (secondary N) is 1. The van der Waals surface area contributed by atoms with E-state index in [4.69, 9.17) is 4.74 Å². The second kappa shape index (κ2) is 7.83. The van der Waals surface area contributed by atoms with Crippen molar-refractivity contribution in [1.82, 2.24) is 0 Å². The van der Waals surface area contributed by atoms with Crippen molar-refractivity contribution in [2.75, 3.05) is 5.32 Å². The SMILES string of the molecule is CC1(C)CC2=C[C@@H](c3ccc4ccccc4c3)[C@@H](C(=O)Nc3ccccc3)[C@H]3C(=O)O[C@@H](C1)[C@@H]23. The average molecular weight is 452 g/mol. The summed E-state index contributed by atoms with van der Waals surface area (Å²) in [7, 11) is 0. The van der Waals surface area contributed by atoms with Gasteiger partial charge in [-0.15, -0.1) is 0 Å². The Bertz CT molecular complexity index is 1310. The zero-order chi connectivity index (χ0) is 23.4. The van der Waals surface area contributed by atoms with Crippen molar-refractivity contribution in [2.24, 2.45) is 23.2 Å². The van der Waals surface area contributed by atoms with Gasteiger partial charge in [-0.25, -0.2) is 0 Å². The number of benzene rings is 3. The number of hydrogen-bond donors (Lipinski definition) is 1. The van der Waals surface area contributed by atoms with Crippen LogP contribution in [0.3, 0.4) is 0 Å². The van der Waals surface area contributed by atoms with Crippen LogP contribution >= 0.6 is 0 Å². The van der Waals surface area contributed by atoms with Crippen molar-refractivity contribution in [3.8, 4) is 0 Å². The van der Waals surface area contributed by atoms with E-state index < -0.39 is 11.8 Å². The molecule has 1 heterocycles. The van der Waals surface area contributed by atoms with E-state index in [-0.39, 0.29) is 35.2 Å². The Balaban J connectivity index is 1.48. The van der Waals surface area contributed by atoms with E-state index in [0.717, 1.165) is 34.9 Å². The van der Waals surface area contributed by atoms with Crippen LogP contribution in [0.5, 0.6) is 0 Å². The Labute approximate surface area is 200 Å². The monoisotopic (exact) mass is 451 g/mol. The Hall–Kier alpha value is -3.40. The van der Waals surface area contributed by atoms with Crippen molar-refractivity contribution in [1.29, 1.82) is 0 Å². The fraction of sp³-hybridized carbons (Fsp3) is 0.333. The quantitative estimate of drug-likeness (QED) is 0.387. The number of carbonyl (C=O) groups excluding carboxylic acids is 2. The number of fused-ring (bicyclic) bond motifs is 1. The molecule has 0 bridgehead atoms. The molecule has 5 atom stereocenters. The van der Waals surface area contributed by atoms with Gasteiger partial charge in [0.1, 0.15) is 6.10 Å². The molecule has 2 aliphatic carbocycles. The first-order chi connectivity index (χ1) is 16.4. The van der Waals surface area contributed by atoms with Gasteiger partial charge in [-0.2, -0.15) is 0 Å².